The number of hydrogen-bond donors (Lipinski definition) is 1. The Bertz CT molecular complexity index is 893. The zero-order valence-corrected chi connectivity index (χ0v) is 16.5. The molecule has 0 aliphatic heterocycles. The number of aromatic nitrogens is 2. The molecule has 1 amide bonds. The van der Waals surface area contributed by atoms with Crippen LogP contribution in [0.5, 0.6) is 5.75 Å². The lowest BCUT2D eigenvalue weighted by atomic mass is 10.0. The van der Waals surface area contributed by atoms with E-state index in [4.69, 9.17) is 9.26 Å². The summed E-state index contributed by atoms with van der Waals surface area (Å²) < 4.78 is 11.2. The van der Waals surface area contributed by atoms with Crippen molar-refractivity contribution in [3.63, 3.8) is 0 Å². The summed E-state index contributed by atoms with van der Waals surface area (Å²) in [7, 11) is 0. The van der Waals surface area contributed by atoms with E-state index in [1.165, 1.54) is 5.56 Å². The molecule has 7 heteroatoms. The first-order valence-corrected chi connectivity index (χ1v) is 9.50. The number of unbranched alkanes of at least 4 members (excludes halogenated alkanes) is 1. The first-order valence-electron chi connectivity index (χ1n) is 8.71. The average Bonchev–Trinajstić information content (AvgIpc) is 3.10. The van der Waals surface area contributed by atoms with Crippen LogP contribution >= 0.6 is 15.9 Å². The first kappa shape index (κ1) is 19.1. The molecule has 140 valence electrons. The minimum absolute atomic E-state index is 0.438. The fraction of sp³-hybridized carbons (Fsp3) is 0.250. The molecule has 0 fully saturated rings. The second-order valence-electron chi connectivity index (χ2n) is 6.06. The van der Waals surface area contributed by atoms with E-state index in [9.17, 15) is 4.79 Å². The number of ether oxygens (including phenoxy) is 1. The van der Waals surface area contributed by atoms with Crippen molar-refractivity contribution < 1.29 is 14.1 Å². The topological polar surface area (TPSA) is 77.2 Å². The van der Waals surface area contributed by atoms with Crippen LogP contribution in [0, 0.1) is 6.92 Å². The number of nitrogens with one attached hydrogen (secondary N) is 1. The summed E-state index contributed by atoms with van der Waals surface area (Å²) in [6.45, 7) is 2.34. The zero-order valence-electron chi connectivity index (χ0n) is 14.9. The van der Waals surface area contributed by atoms with Crippen LogP contribution in [0.15, 0.2) is 57.5 Å². The molecule has 0 atom stereocenters. The molecule has 3 rings (SSSR count). The van der Waals surface area contributed by atoms with Gasteiger partial charge in [0.05, 0.1) is 0 Å². The molecule has 0 unspecified atom stereocenters. The molecule has 3 aromatic rings. The lowest BCUT2D eigenvalue weighted by molar-refractivity contribution is 0.200. The quantitative estimate of drug-likeness (QED) is 0.539. The normalized spacial score (nSPS) is 10.6. The van der Waals surface area contributed by atoms with Gasteiger partial charge in [0.1, 0.15) is 5.75 Å². The minimum Gasteiger partial charge on any atom is -0.410 e. The van der Waals surface area contributed by atoms with Crippen molar-refractivity contribution in [3.05, 3.63) is 64.5 Å². The predicted octanol–water partition coefficient (Wildman–Crippen LogP) is 4.92. The number of halogens is 1. The summed E-state index contributed by atoms with van der Waals surface area (Å²) >= 11 is 3.34. The Labute approximate surface area is 166 Å². The van der Waals surface area contributed by atoms with Crippen molar-refractivity contribution in [1.29, 1.82) is 0 Å². The van der Waals surface area contributed by atoms with Gasteiger partial charge in [-0.05, 0) is 55.2 Å². The van der Waals surface area contributed by atoms with Gasteiger partial charge in [-0.25, -0.2) is 4.79 Å². The van der Waals surface area contributed by atoms with Crippen LogP contribution in [-0.4, -0.2) is 22.8 Å². The zero-order chi connectivity index (χ0) is 19.1. The lowest BCUT2D eigenvalue weighted by Crippen LogP contribution is -2.27. The highest BCUT2D eigenvalue weighted by molar-refractivity contribution is 9.10. The molecule has 1 heterocycles. The third-order valence-corrected chi connectivity index (χ3v) is 4.43. The molecule has 2 aromatic carbocycles. The van der Waals surface area contributed by atoms with Crippen molar-refractivity contribution in [2.75, 3.05) is 6.54 Å². The van der Waals surface area contributed by atoms with Gasteiger partial charge in [0.15, 0.2) is 0 Å². The monoisotopic (exact) mass is 429 g/mol. The SMILES string of the molecule is Cc1nc(-c2cccc(CCCCNC(=O)Oc3ccc(Br)cc3)c2)no1. The molecule has 0 radical (unpaired) electrons. The number of nitrogens with zero attached hydrogens (tertiary/aromatic N) is 2. The Morgan fingerprint density at radius 1 is 1.19 bits per heavy atom. The largest absolute Gasteiger partial charge is 0.412 e. The third-order valence-electron chi connectivity index (χ3n) is 3.90. The summed E-state index contributed by atoms with van der Waals surface area (Å²) in [5.74, 6) is 1.67. The molecule has 6 nitrogen and oxygen atoms in total. The number of hydrogen-bond acceptors (Lipinski definition) is 5. The van der Waals surface area contributed by atoms with Gasteiger partial charge in [0.2, 0.25) is 11.7 Å². The van der Waals surface area contributed by atoms with Crippen LogP contribution in [0.25, 0.3) is 11.4 Å². The Morgan fingerprint density at radius 2 is 2.00 bits per heavy atom. The summed E-state index contributed by atoms with van der Waals surface area (Å²) in [6, 6.07) is 15.2. The van der Waals surface area contributed by atoms with Crippen molar-refractivity contribution in [2.24, 2.45) is 0 Å². The summed E-state index contributed by atoms with van der Waals surface area (Å²) in [6.07, 6.45) is 2.29. The number of aryl methyl sites for hydroxylation is 2. The summed E-state index contributed by atoms with van der Waals surface area (Å²) in [4.78, 5) is 16.0. The van der Waals surface area contributed by atoms with Crippen molar-refractivity contribution in [2.45, 2.75) is 26.2 Å². The summed E-state index contributed by atoms with van der Waals surface area (Å²) in [5.41, 5.74) is 2.15. The Morgan fingerprint density at radius 3 is 2.74 bits per heavy atom. The van der Waals surface area contributed by atoms with Gasteiger partial charge in [-0.2, -0.15) is 4.98 Å². The van der Waals surface area contributed by atoms with Crippen molar-refractivity contribution in [1.82, 2.24) is 15.5 Å². The van der Waals surface area contributed by atoms with E-state index in [2.05, 4.69) is 43.5 Å². The first-order chi connectivity index (χ1) is 13.1. The second-order valence-corrected chi connectivity index (χ2v) is 6.98. The molecule has 0 aliphatic carbocycles. The Hall–Kier alpha value is -2.67. The number of rotatable bonds is 7. The van der Waals surface area contributed by atoms with Crippen molar-refractivity contribution in [3.8, 4) is 17.1 Å². The molecular formula is C20H20BrN3O3. The van der Waals surface area contributed by atoms with E-state index in [0.717, 1.165) is 29.3 Å². The Balaban J connectivity index is 1.39. The molecule has 1 N–H and O–H groups in total. The molecule has 27 heavy (non-hydrogen) atoms. The predicted molar refractivity (Wildman–Crippen MR) is 106 cm³/mol. The van der Waals surface area contributed by atoms with Gasteiger partial charge in [-0.1, -0.05) is 39.3 Å². The highest BCUT2D eigenvalue weighted by Gasteiger charge is 2.07. The van der Waals surface area contributed by atoms with Crippen LogP contribution in [0.1, 0.15) is 24.3 Å². The molecule has 0 aliphatic rings. The highest BCUT2D eigenvalue weighted by Crippen LogP contribution is 2.18. The van der Waals surface area contributed by atoms with E-state index in [1.54, 1.807) is 19.1 Å². The smallest absolute Gasteiger partial charge is 0.410 e. The van der Waals surface area contributed by atoms with Gasteiger partial charge >= 0.3 is 6.09 Å². The van der Waals surface area contributed by atoms with Crippen LogP contribution in [-0.2, 0) is 6.42 Å². The lowest BCUT2D eigenvalue weighted by Gasteiger charge is -2.07. The molecule has 0 saturated carbocycles. The maximum absolute atomic E-state index is 11.8. The van der Waals surface area contributed by atoms with Crippen LogP contribution in [0.2, 0.25) is 0 Å². The van der Waals surface area contributed by atoms with Gasteiger partial charge in [-0.3, -0.25) is 0 Å². The number of carbonyl (C=O) groups is 1. The molecule has 0 spiro atoms. The second kappa shape index (κ2) is 9.32. The summed E-state index contributed by atoms with van der Waals surface area (Å²) in [5, 5.41) is 6.71. The van der Waals surface area contributed by atoms with Crippen LogP contribution in [0.4, 0.5) is 4.79 Å². The van der Waals surface area contributed by atoms with Crippen molar-refractivity contribution >= 4 is 22.0 Å². The average molecular weight is 430 g/mol. The standard InChI is InChI=1S/C20H20BrN3O3/c1-14-23-19(24-27-14)16-7-4-6-15(13-16)5-2-3-12-22-20(25)26-18-10-8-17(21)9-11-18/h4,6-11,13H,2-3,5,12H2,1H3,(H,22,25). The third kappa shape index (κ3) is 5.92. The maximum atomic E-state index is 11.8. The van der Waals surface area contributed by atoms with E-state index >= 15 is 0 Å². The molecule has 0 saturated heterocycles. The van der Waals surface area contributed by atoms with E-state index in [-0.39, 0.29) is 0 Å². The fourth-order valence-corrected chi connectivity index (χ4v) is 2.84. The fourth-order valence-electron chi connectivity index (χ4n) is 2.57. The molecule has 0 bridgehead atoms. The molecular weight excluding hydrogens is 410 g/mol. The van der Waals surface area contributed by atoms with E-state index < -0.39 is 6.09 Å². The Kier molecular flexibility index (Phi) is 6.59. The number of amides is 1. The van der Waals surface area contributed by atoms with Gasteiger partial charge in [0, 0.05) is 23.5 Å². The van der Waals surface area contributed by atoms with Crippen LogP contribution < -0.4 is 10.1 Å². The number of benzene rings is 2. The van der Waals surface area contributed by atoms with Crippen LogP contribution in [0.3, 0.4) is 0 Å². The van der Waals surface area contributed by atoms with Gasteiger partial charge in [0.25, 0.3) is 0 Å². The molecule has 1 aromatic heterocycles. The van der Waals surface area contributed by atoms with Gasteiger partial charge in [-0.15, -0.1) is 0 Å². The minimum atomic E-state index is -0.438. The van der Waals surface area contributed by atoms with Gasteiger partial charge < -0.3 is 14.6 Å². The number of carbonyl (C=O) groups excluding carboxylic acids is 1. The van der Waals surface area contributed by atoms with E-state index in [1.807, 2.05) is 24.3 Å². The highest BCUT2D eigenvalue weighted by atomic mass is 79.9. The van der Waals surface area contributed by atoms with E-state index in [0.29, 0.717) is 24.0 Å². The maximum Gasteiger partial charge on any atom is 0.412 e.